The Kier molecular flexibility index (Phi) is 8.33. The average molecular weight is 341 g/mol. The molecule has 2 aromatic rings. The lowest BCUT2D eigenvalue weighted by Crippen LogP contribution is -2.21. The van der Waals surface area contributed by atoms with Crippen molar-refractivity contribution >= 4 is 28.5 Å². The number of aldehydes is 1. The summed E-state index contributed by atoms with van der Waals surface area (Å²) in [7, 11) is 0. The van der Waals surface area contributed by atoms with Crippen LogP contribution in [0.5, 0.6) is 0 Å². The summed E-state index contributed by atoms with van der Waals surface area (Å²) in [6.07, 6.45) is 1.85. The van der Waals surface area contributed by atoms with Crippen molar-refractivity contribution in [2.24, 2.45) is 5.92 Å². The smallest absolute Gasteiger partial charge is 0.150 e. The Morgan fingerprint density at radius 3 is 2.32 bits per heavy atom. The Morgan fingerprint density at radius 2 is 1.76 bits per heavy atom. The van der Waals surface area contributed by atoms with Gasteiger partial charge in [0.2, 0.25) is 0 Å². The molecule has 0 bridgehead atoms. The number of fused-ring (bicyclic) bond motifs is 1. The summed E-state index contributed by atoms with van der Waals surface area (Å²) >= 11 is 0. The molecule has 1 atom stereocenters. The number of hydrogen-bond donors (Lipinski definition) is 0. The zero-order valence-electron chi connectivity index (χ0n) is 16.4. The van der Waals surface area contributed by atoms with Crippen LogP contribution in [0.3, 0.4) is 0 Å². The van der Waals surface area contributed by atoms with Gasteiger partial charge in [-0.3, -0.25) is 9.59 Å². The summed E-state index contributed by atoms with van der Waals surface area (Å²) in [5.74, 6) is 0.409. The molecule has 1 aliphatic heterocycles. The molecule has 0 N–H and O–H groups in total. The van der Waals surface area contributed by atoms with E-state index in [1.165, 1.54) is 0 Å². The van der Waals surface area contributed by atoms with Crippen molar-refractivity contribution in [2.75, 3.05) is 18.0 Å². The van der Waals surface area contributed by atoms with E-state index < -0.39 is 0 Å². The van der Waals surface area contributed by atoms with Crippen LogP contribution in [-0.4, -0.2) is 25.2 Å². The Morgan fingerprint density at radius 1 is 1.12 bits per heavy atom. The van der Waals surface area contributed by atoms with E-state index in [0.29, 0.717) is 0 Å². The molecule has 0 radical (unpaired) electrons. The van der Waals surface area contributed by atoms with Crippen molar-refractivity contribution in [1.82, 2.24) is 0 Å². The predicted molar refractivity (Wildman–Crippen MR) is 108 cm³/mol. The quantitative estimate of drug-likeness (QED) is 0.699. The summed E-state index contributed by atoms with van der Waals surface area (Å²) in [5, 5.41) is 2.07. The van der Waals surface area contributed by atoms with Crippen molar-refractivity contribution < 1.29 is 9.59 Å². The minimum atomic E-state index is 0.142. The van der Waals surface area contributed by atoms with Crippen molar-refractivity contribution in [1.29, 1.82) is 0 Å². The monoisotopic (exact) mass is 341 g/mol. The van der Waals surface area contributed by atoms with Crippen LogP contribution in [0.15, 0.2) is 30.3 Å². The Balaban J connectivity index is 0.000000730. The Labute approximate surface area is 152 Å². The Hall–Kier alpha value is -2.16. The predicted octanol–water partition coefficient (Wildman–Crippen LogP) is 5.43. The van der Waals surface area contributed by atoms with Gasteiger partial charge in [-0.25, -0.2) is 0 Å². The van der Waals surface area contributed by atoms with Gasteiger partial charge in [0.1, 0.15) is 5.78 Å². The van der Waals surface area contributed by atoms with Crippen LogP contribution in [0.2, 0.25) is 0 Å². The highest BCUT2D eigenvalue weighted by molar-refractivity contribution is 6.01. The first-order chi connectivity index (χ1) is 12.1. The van der Waals surface area contributed by atoms with Gasteiger partial charge in [-0.1, -0.05) is 45.9 Å². The normalized spacial score (nSPS) is 15.8. The maximum Gasteiger partial charge on any atom is 0.150 e. The van der Waals surface area contributed by atoms with Gasteiger partial charge in [0.15, 0.2) is 6.29 Å². The number of carbonyl (C=O) groups excluding carboxylic acids is 2. The second-order valence-electron chi connectivity index (χ2n) is 5.86. The summed E-state index contributed by atoms with van der Waals surface area (Å²) in [6.45, 7) is 13.3. The molecule has 3 rings (SSSR count). The maximum absolute atomic E-state index is 11.5. The summed E-state index contributed by atoms with van der Waals surface area (Å²) < 4.78 is 0. The van der Waals surface area contributed by atoms with Gasteiger partial charge in [0, 0.05) is 30.3 Å². The highest BCUT2D eigenvalue weighted by Crippen LogP contribution is 2.29. The summed E-state index contributed by atoms with van der Waals surface area (Å²) in [4.78, 5) is 25.1. The molecule has 3 heteroatoms. The van der Waals surface area contributed by atoms with Gasteiger partial charge in [-0.2, -0.15) is 0 Å². The third-order valence-corrected chi connectivity index (χ3v) is 4.51. The fourth-order valence-electron chi connectivity index (χ4n) is 3.12. The summed E-state index contributed by atoms with van der Waals surface area (Å²) in [6, 6.07) is 10.2. The van der Waals surface area contributed by atoms with E-state index in [9.17, 15) is 9.59 Å². The molecule has 2 aromatic carbocycles. The number of benzene rings is 2. The van der Waals surface area contributed by atoms with E-state index >= 15 is 0 Å². The van der Waals surface area contributed by atoms with Crippen molar-refractivity contribution in [2.45, 2.75) is 48.0 Å². The van der Waals surface area contributed by atoms with Gasteiger partial charge >= 0.3 is 0 Å². The molecule has 25 heavy (non-hydrogen) atoms. The number of hydrogen-bond acceptors (Lipinski definition) is 3. The molecule has 136 valence electrons. The van der Waals surface area contributed by atoms with E-state index in [-0.39, 0.29) is 11.7 Å². The van der Waals surface area contributed by atoms with E-state index in [1.54, 1.807) is 6.92 Å². The molecule has 1 fully saturated rings. The average Bonchev–Trinajstić information content (AvgIpc) is 3.15. The zero-order valence-corrected chi connectivity index (χ0v) is 16.4. The second kappa shape index (κ2) is 9.97. The standard InChI is InChI=1S/C18H19NO2.2C2H6/c1-12-3-4-14-5-6-16(9-17(14)18(12)11-20)19-8-7-15(10-19)13(2)21;2*1-2/h3-6,9,11,15H,7-8,10H2,1-2H3;2*1-2H3. The van der Waals surface area contributed by atoms with E-state index in [2.05, 4.69) is 23.1 Å². The fourth-order valence-corrected chi connectivity index (χ4v) is 3.12. The number of rotatable bonds is 3. The largest absolute Gasteiger partial charge is 0.371 e. The third-order valence-electron chi connectivity index (χ3n) is 4.51. The number of anilines is 1. The van der Waals surface area contributed by atoms with Crippen molar-refractivity contribution in [3.05, 3.63) is 41.5 Å². The SMILES string of the molecule is CC.CC.CC(=O)C1CCN(c2ccc3ccc(C)c(C=O)c3c2)C1. The highest BCUT2D eigenvalue weighted by atomic mass is 16.1. The highest BCUT2D eigenvalue weighted by Gasteiger charge is 2.26. The van der Waals surface area contributed by atoms with Crippen LogP contribution in [-0.2, 0) is 4.79 Å². The molecule has 1 saturated heterocycles. The van der Waals surface area contributed by atoms with Crippen LogP contribution in [0.4, 0.5) is 5.69 Å². The number of Topliss-reactive ketones (excluding diaryl/α,β-unsaturated/α-hetero) is 1. The lowest BCUT2D eigenvalue weighted by atomic mass is 10.00. The topological polar surface area (TPSA) is 37.4 Å². The number of carbonyl (C=O) groups is 2. The van der Waals surface area contributed by atoms with E-state index in [0.717, 1.165) is 53.4 Å². The van der Waals surface area contributed by atoms with Crippen LogP contribution in [0, 0.1) is 12.8 Å². The van der Waals surface area contributed by atoms with Crippen LogP contribution < -0.4 is 4.90 Å². The molecule has 1 aliphatic rings. The summed E-state index contributed by atoms with van der Waals surface area (Å²) in [5.41, 5.74) is 2.86. The first kappa shape index (κ1) is 20.9. The number of ketones is 1. The lowest BCUT2D eigenvalue weighted by molar-refractivity contribution is -0.120. The molecule has 0 amide bonds. The molecule has 0 spiro atoms. The molecule has 1 heterocycles. The van der Waals surface area contributed by atoms with Gasteiger partial charge in [-0.15, -0.1) is 0 Å². The fraction of sp³-hybridized carbons (Fsp3) is 0.455. The number of nitrogens with zero attached hydrogens (tertiary/aromatic N) is 1. The maximum atomic E-state index is 11.5. The number of aryl methyl sites for hydroxylation is 1. The Bertz CT molecular complexity index is 721. The van der Waals surface area contributed by atoms with Gasteiger partial charge in [0.05, 0.1) is 0 Å². The van der Waals surface area contributed by atoms with Gasteiger partial charge in [0.25, 0.3) is 0 Å². The van der Waals surface area contributed by atoms with E-state index in [1.807, 2.05) is 46.8 Å². The second-order valence-corrected chi connectivity index (χ2v) is 5.86. The molecular formula is C22H31NO2. The molecule has 1 unspecified atom stereocenters. The van der Waals surface area contributed by atoms with Crippen molar-refractivity contribution in [3.63, 3.8) is 0 Å². The first-order valence-corrected chi connectivity index (χ1v) is 9.34. The molecule has 0 aromatic heterocycles. The zero-order chi connectivity index (χ0) is 19.0. The van der Waals surface area contributed by atoms with Crippen LogP contribution in [0.1, 0.15) is 57.0 Å². The molecule has 3 nitrogen and oxygen atoms in total. The van der Waals surface area contributed by atoms with E-state index in [4.69, 9.17) is 0 Å². The van der Waals surface area contributed by atoms with Gasteiger partial charge < -0.3 is 4.90 Å². The minimum Gasteiger partial charge on any atom is -0.371 e. The minimum absolute atomic E-state index is 0.142. The van der Waals surface area contributed by atoms with Gasteiger partial charge in [-0.05, 0) is 48.7 Å². The molecular weight excluding hydrogens is 310 g/mol. The van der Waals surface area contributed by atoms with Crippen LogP contribution >= 0.6 is 0 Å². The molecule has 0 saturated carbocycles. The van der Waals surface area contributed by atoms with Crippen LogP contribution in [0.25, 0.3) is 10.8 Å². The van der Waals surface area contributed by atoms with Crippen molar-refractivity contribution in [3.8, 4) is 0 Å². The first-order valence-electron chi connectivity index (χ1n) is 9.34. The molecule has 0 aliphatic carbocycles. The lowest BCUT2D eigenvalue weighted by Gasteiger charge is -2.19. The third kappa shape index (κ3) is 4.68.